The number of anilines is 2. The summed E-state index contributed by atoms with van der Waals surface area (Å²) in [4.78, 5) is 4.41. The van der Waals surface area contributed by atoms with E-state index in [9.17, 15) is 4.39 Å². The zero-order chi connectivity index (χ0) is 13.1. The van der Waals surface area contributed by atoms with E-state index < -0.39 is 0 Å². The molecule has 3 nitrogen and oxygen atoms in total. The number of hydrogen-bond acceptors (Lipinski definition) is 3. The van der Waals surface area contributed by atoms with E-state index in [0.717, 1.165) is 5.56 Å². The molecular formula is C13H12FN3S. The molecule has 0 aliphatic heterocycles. The van der Waals surface area contributed by atoms with Crippen LogP contribution in [0.15, 0.2) is 36.5 Å². The van der Waals surface area contributed by atoms with Gasteiger partial charge < -0.3 is 11.1 Å². The molecule has 5 heteroatoms. The highest BCUT2D eigenvalue weighted by Crippen LogP contribution is 2.22. The number of thiocarbonyl (C=S) groups is 1. The largest absolute Gasteiger partial charge is 0.389 e. The fourth-order valence-electron chi connectivity index (χ4n) is 1.56. The van der Waals surface area contributed by atoms with Gasteiger partial charge in [0.25, 0.3) is 0 Å². The smallest absolute Gasteiger partial charge is 0.140 e. The second kappa shape index (κ2) is 5.10. The second-order valence-corrected chi connectivity index (χ2v) is 4.29. The van der Waals surface area contributed by atoms with Gasteiger partial charge in [-0.2, -0.15) is 0 Å². The van der Waals surface area contributed by atoms with Crippen LogP contribution in [0.5, 0.6) is 0 Å². The van der Waals surface area contributed by atoms with Gasteiger partial charge in [0, 0.05) is 11.9 Å². The summed E-state index contributed by atoms with van der Waals surface area (Å²) in [6.07, 6.45) is 1.62. The first-order valence-corrected chi connectivity index (χ1v) is 5.77. The second-order valence-electron chi connectivity index (χ2n) is 3.85. The maximum absolute atomic E-state index is 13.2. The maximum Gasteiger partial charge on any atom is 0.140 e. The number of aryl methyl sites for hydroxylation is 1. The predicted molar refractivity (Wildman–Crippen MR) is 74.5 cm³/mol. The predicted octanol–water partition coefficient (Wildman–Crippen LogP) is 2.91. The van der Waals surface area contributed by atoms with Crippen LogP contribution in [0.4, 0.5) is 15.9 Å². The molecule has 0 unspecified atom stereocenters. The minimum Gasteiger partial charge on any atom is -0.389 e. The zero-order valence-electron chi connectivity index (χ0n) is 9.77. The summed E-state index contributed by atoms with van der Waals surface area (Å²) in [6.45, 7) is 1.88. The SMILES string of the molecule is Cc1ccc(F)cc1Nc1ncccc1C(N)=S. The number of nitrogens with two attached hydrogens (primary N) is 1. The van der Waals surface area contributed by atoms with E-state index in [2.05, 4.69) is 10.3 Å². The van der Waals surface area contributed by atoms with E-state index in [1.54, 1.807) is 24.4 Å². The Kier molecular flexibility index (Phi) is 3.53. The summed E-state index contributed by atoms with van der Waals surface area (Å²) < 4.78 is 13.2. The Hall–Kier alpha value is -2.01. The zero-order valence-corrected chi connectivity index (χ0v) is 10.6. The fraction of sp³-hybridized carbons (Fsp3) is 0.0769. The standard InChI is InChI=1S/C13H12FN3S/c1-8-4-5-9(14)7-11(8)17-13-10(12(15)18)3-2-6-16-13/h2-7H,1H3,(H2,15,18)(H,16,17). The summed E-state index contributed by atoms with van der Waals surface area (Å²) in [6, 6.07) is 8.03. The van der Waals surface area contributed by atoms with Gasteiger partial charge in [-0.05, 0) is 36.8 Å². The molecule has 0 radical (unpaired) electrons. The lowest BCUT2D eigenvalue weighted by Crippen LogP contribution is -2.13. The van der Waals surface area contributed by atoms with Crippen molar-refractivity contribution in [1.29, 1.82) is 0 Å². The molecular weight excluding hydrogens is 249 g/mol. The molecule has 2 aromatic rings. The molecule has 0 aliphatic rings. The number of pyridine rings is 1. The first kappa shape index (κ1) is 12.4. The van der Waals surface area contributed by atoms with Gasteiger partial charge in [-0.3, -0.25) is 0 Å². The van der Waals surface area contributed by atoms with Crippen LogP contribution in [0.1, 0.15) is 11.1 Å². The monoisotopic (exact) mass is 261 g/mol. The lowest BCUT2D eigenvalue weighted by molar-refractivity contribution is 0.628. The Morgan fingerprint density at radius 3 is 2.89 bits per heavy atom. The molecule has 0 amide bonds. The van der Waals surface area contributed by atoms with Crippen LogP contribution in [0.25, 0.3) is 0 Å². The molecule has 0 aliphatic carbocycles. The Balaban J connectivity index is 2.40. The van der Waals surface area contributed by atoms with Crippen LogP contribution in [-0.2, 0) is 0 Å². The average Bonchev–Trinajstić information content (AvgIpc) is 2.34. The number of benzene rings is 1. The number of rotatable bonds is 3. The number of nitrogens with zero attached hydrogens (tertiary/aromatic N) is 1. The van der Waals surface area contributed by atoms with Crippen molar-refractivity contribution >= 4 is 28.7 Å². The molecule has 0 saturated carbocycles. The van der Waals surface area contributed by atoms with Crippen molar-refractivity contribution in [2.75, 3.05) is 5.32 Å². The van der Waals surface area contributed by atoms with Crippen LogP contribution in [0.3, 0.4) is 0 Å². The van der Waals surface area contributed by atoms with Crippen molar-refractivity contribution in [3.8, 4) is 0 Å². The molecule has 3 N–H and O–H groups in total. The van der Waals surface area contributed by atoms with Crippen LogP contribution in [-0.4, -0.2) is 9.97 Å². The number of hydrogen-bond donors (Lipinski definition) is 2. The van der Waals surface area contributed by atoms with Crippen LogP contribution in [0.2, 0.25) is 0 Å². The summed E-state index contributed by atoms with van der Waals surface area (Å²) in [5.41, 5.74) is 7.81. The topological polar surface area (TPSA) is 50.9 Å². The summed E-state index contributed by atoms with van der Waals surface area (Å²) >= 11 is 4.95. The Morgan fingerprint density at radius 1 is 1.39 bits per heavy atom. The molecule has 92 valence electrons. The normalized spacial score (nSPS) is 10.1. The fourth-order valence-corrected chi connectivity index (χ4v) is 1.72. The third kappa shape index (κ3) is 2.62. The maximum atomic E-state index is 13.2. The van der Waals surface area contributed by atoms with E-state index in [1.807, 2.05) is 6.92 Å². The third-order valence-corrected chi connectivity index (χ3v) is 2.75. The Labute approximate surface area is 110 Å². The molecule has 0 saturated heterocycles. The van der Waals surface area contributed by atoms with E-state index in [1.165, 1.54) is 12.1 Å². The summed E-state index contributed by atoms with van der Waals surface area (Å²) in [5, 5.41) is 3.04. The van der Waals surface area contributed by atoms with Crippen LogP contribution in [0, 0.1) is 12.7 Å². The third-order valence-electron chi connectivity index (χ3n) is 2.53. The minimum absolute atomic E-state index is 0.250. The Morgan fingerprint density at radius 2 is 2.17 bits per heavy atom. The van der Waals surface area contributed by atoms with Gasteiger partial charge in [-0.25, -0.2) is 9.37 Å². The molecule has 1 aromatic carbocycles. The van der Waals surface area contributed by atoms with Gasteiger partial charge >= 0.3 is 0 Å². The van der Waals surface area contributed by atoms with Gasteiger partial charge in [0.1, 0.15) is 16.6 Å². The molecule has 0 atom stereocenters. The number of nitrogens with one attached hydrogen (secondary N) is 1. The van der Waals surface area contributed by atoms with Crippen LogP contribution >= 0.6 is 12.2 Å². The first-order chi connectivity index (χ1) is 8.58. The minimum atomic E-state index is -0.309. The van der Waals surface area contributed by atoms with Crippen LogP contribution < -0.4 is 11.1 Å². The number of halogens is 1. The van der Waals surface area contributed by atoms with Gasteiger partial charge in [0.05, 0.1) is 5.56 Å². The van der Waals surface area contributed by atoms with Crippen molar-refractivity contribution in [2.24, 2.45) is 5.73 Å². The van der Waals surface area contributed by atoms with Gasteiger partial charge in [-0.1, -0.05) is 18.3 Å². The molecule has 18 heavy (non-hydrogen) atoms. The Bertz CT molecular complexity index is 599. The van der Waals surface area contributed by atoms with E-state index in [4.69, 9.17) is 18.0 Å². The van der Waals surface area contributed by atoms with Crippen molar-refractivity contribution in [2.45, 2.75) is 6.92 Å². The quantitative estimate of drug-likeness (QED) is 0.834. The van der Waals surface area contributed by atoms with Gasteiger partial charge in [-0.15, -0.1) is 0 Å². The van der Waals surface area contributed by atoms with E-state index in [-0.39, 0.29) is 10.8 Å². The molecule has 1 aromatic heterocycles. The highest BCUT2D eigenvalue weighted by molar-refractivity contribution is 7.80. The highest BCUT2D eigenvalue weighted by atomic mass is 32.1. The molecule has 0 bridgehead atoms. The first-order valence-electron chi connectivity index (χ1n) is 5.36. The van der Waals surface area contributed by atoms with Crippen molar-refractivity contribution < 1.29 is 4.39 Å². The van der Waals surface area contributed by atoms with Gasteiger partial charge in [0.2, 0.25) is 0 Å². The van der Waals surface area contributed by atoms with Crippen molar-refractivity contribution in [1.82, 2.24) is 4.98 Å². The van der Waals surface area contributed by atoms with E-state index in [0.29, 0.717) is 17.1 Å². The lowest BCUT2D eigenvalue weighted by atomic mass is 10.2. The number of aromatic nitrogens is 1. The summed E-state index contributed by atoms with van der Waals surface area (Å²) in [7, 11) is 0. The van der Waals surface area contributed by atoms with E-state index >= 15 is 0 Å². The molecule has 0 fully saturated rings. The molecule has 0 spiro atoms. The highest BCUT2D eigenvalue weighted by Gasteiger charge is 2.08. The van der Waals surface area contributed by atoms with Crippen molar-refractivity contribution in [3.63, 3.8) is 0 Å². The van der Waals surface area contributed by atoms with Gasteiger partial charge in [0.15, 0.2) is 0 Å². The molecule has 1 heterocycles. The summed E-state index contributed by atoms with van der Waals surface area (Å²) in [5.74, 6) is 0.217. The average molecular weight is 261 g/mol. The molecule has 2 rings (SSSR count). The lowest BCUT2D eigenvalue weighted by Gasteiger charge is -2.11. The van der Waals surface area contributed by atoms with Crippen molar-refractivity contribution in [3.05, 3.63) is 53.5 Å².